The second-order valence-electron chi connectivity index (χ2n) is 9.81. The van der Waals surface area contributed by atoms with Crippen LogP contribution in [-0.4, -0.2) is 26.8 Å². The van der Waals surface area contributed by atoms with Gasteiger partial charge in [-0.2, -0.15) is 0 Å². The lowest BCUT2D eigenvalue weighted by Crippen LogP contribution is -2.20. The smallest absolute Gasteiger partial charge is 0.337 e. The van der Waals surface area contributed by atoms with E-state index in [-0.39, 0.29) is 16.8 Å². The van der Waals surface area contributed by atoms with E-state index < -0.39 is 0 Å². The predicted octanol–water partition coefficient (Wildman–Crippen LogP) is 6.01. The molecular formula is C26H32O4. The third-order valence-electron chi connectivity index (χ3n) is 5.43. The van der Waals surface area contributed by atoms with Crippen LogP contribution in [0.1, 0.15) is 74.2 Å². The highest BCUT2D eigenvalue weighted by Crippen LogP contribution is 2.42. The maximum atomic E-state index is 11.8. The maximum Gasteiger partial charge on any atom is 0.337 e. The first kappa shape index (κ1) is 21.9. The van der Waals surface area contributed by atoms with Crippen molar-refractivity contribution >= 4 is 17.6 Å². The molecule has 4 nitrogen and oxygen atoms in total. The molecule has 0 aliphatic carbocycles. The molecule has 4 heteroatoms. The third kappa shape index (κ3) is 4.23. The first-order valence-electron chi connectivity index (χ1n) is 10.2. The Morgan fingerprint density at radius 3 is 2.03 bits per heavy atom. The first-order chi connectivity index (χ1) is 14.0. The van der Waals surface area contributed by atoms with Crippen LogP contribution >= 0.6 is 0 Å². The quantitative estimate of drug-likeness (QED) is 0.584. The molecule has 0 fully saturated rings. The van der Waals surface area contributed by atoms with E-state index in [4.69, 9.17) is 14.2 Å². The second kappa shape index (κ2) is 7.82. The Morgan fingerprint density at radius 2 is 1.53 bits per heavy atom. The number of carbonyl (C=O) groups is 1. The molecule has 0 atom stereocenters. The number of benzene rings is 2. The van der Waals surface area contributed by atoms with Gasteiger partial charge in [0.15, 0.2) is 0 Å². The van der Waals surface area contributed by atoms with Crippen LogP contribution in [0.4, 0.5) is 0 Å². The molecule has 1 aliphatic rings. The average Bonchev–Trinajstić information content (AvgIpc) is 2.70. The van der Waals surface area contributed by atoms with E-state index in [1.165, 1.54) is 18.2 Å². The van der Waals surface area contributed by atoms with Crippen LogP contribution in [0.2, 0.25) is 0 Å². The molecule has 0 bridgehead atoms. The summed E-state index contributed by atoms with van der Waals surface area (Å²) >= 11 is 0. The van der Waals surface area contributed by atoms with Crippen molar-refractivity contribution in [2.24, 2.45) is 0 Å². The molecular weight excluding hydrogens is 376 g/mol. The molecule has 0 spiro atoms. The van der Waals surface area contributed by atoms with Crippen LogP contribution in [0, 0.1) is 0 Å². The minimum absolute atomic E-state index is 0.0647. The van der Waals surface area contributed by atoms with E-state index in [2.05, 4.69) is 59.8 Å². The Labute approximate surface area is 179 Å². The maximum absolute atomic E-state index is 11.8. The molecule has 0 amide bonds. The number of rotatable bonds is 3. The lowest BCUT2D eigenvalue weighted by molar-refractivity contribution is 0.0600. The molecule has 1 heterocycles. The standard InChI is InChI=1S/C26H32O4/c1-25(2,3)20-12-18(13-21(23(20)28-7)26(4,5)6)19-11-16-9-10-17(24(27)29-8)14-22(16)30-15-19/h9-14H,15H2,1-8H3. The average molecular weight is 409 g/mol. The van der Waals surface area contributed by atoms with Gasteiger partial charge in [-0.05, 0) is 52.3 Å². The highest BCUT2D eigenvalue weighted by Gasteiger charge is 2.28. The number of hydrogen-bond donors (Lipinski definition) is 0. The van der Waals surface area contributed by atoms with Gasteiger partial charge in [0.25, 0.3) is 0 Å². The summed E-state index contributed by atoms with van der Waals surface area (Å²) in [6, 6.07) is 9.85. The second-order valence-corrected chi connectivity index (χ2v) is 9.81. The third-order valence-corrected chi connectivity index (χ3v) is 5.43. The molecule has 0 radical (unpaired) electrons. The summed E-state index contributed by atoms with van der Waals surface area (Å²) in [4.78, 5) is 11.8. The van der Waals surface area contributed by atoms with Crippen molar-refractivity contribution in [3.63, 3.8) is 0 Å². The number of esters is 1. The minimum atomic E-state index is -0.365. The van der Waals surface area contributed by atoms with Crippen molar-refractivity contribution in [3.8, 4) is 11.5 Å². The number of ether oxygens (including phenoxy) is 3. The van der Waals surface area contributed by atoms with E-state index in [9.17, 15) is 4.79 Å². The zero-order valence-electron chi connectivity index (χ0n) is 19.3. The summed E-state index contributed by atoms with van der Waals surface area (Å²) < 4.78 is 16.7. The molecule has 0 saturated carbocycles. The Bertz CT molecular complexity index is 966. The minimum Gasteiger partial charge on any atom is -0.496 e. The molecule has 2 aromatic carbocycles. The molecule has 0 aromatic heterocycles. The molecule has 0 unspecified atom stereocenters. The van der Waals surface area contributed by atoms with Gasteiger partial charge in [-0.3, -0.25) is 0 Å². The molecule has 1 aliphatic heterocycles. The fourth-order valence-electron chi connectivity index (χ4n) is 3.72. The summed E-state index contributed by atoms with van der Waals surface area (Å²) in [7, 11) is 3.13. The molecule has 0 N–H and O–H groups in total. The summed E-state index contributed by atoms with van der Waals surface area (Å²) in [5.74, 6) is 1.29. The van der Waals surface area contributed by atoms with Crippen molar-refractivity contribution in [3.05, 3.63) is 58.1 Å². The number of hydrogen-bond acceptors (Lipinski definition) is 4. The zero-order valence-corrected chi connectivity index (χ0v) is 19.3. The van der Waals surface area contributed by atoms with Crippen LogP contribution in [0.3, 0.4) is 0 Å². The number of fused-ring (bicyclic) bond motifs is 1. The van der Waals surface area contributed by atoms with E-state index in [1.807, 2.05) is 6.07 Å². The largest absolute Gasteiger partial charge is 0.496 e. The van der Waals surface area contributed by atoms with Crippen LogP contribution in [-0.2, 0) is 15.6 Å². The van der Waals surface area contributed by atoms with Crippen molar-refractivity contribution < 1.29 is 19.0 Å². The molecule has 3 rings (SSSR count). The molecule has 30 heavy (non-hydrogen) atoms. The van der Waals surface area contributed by atoms with Gasteiger partial charge in [0.1, 0.15) is 18.1 Å². The highest BCUT2D eigenvalue weighted by molar-refractivity contribution is 5.92. The fourth-order valence-corrected chi connectivity index (χ4v) is 3.72. The summed E-state index contributed by atoms with van der Waals surface area (Å²) in [6.45, 7) is 13.7. The summed E-state index contributed by atoms with van der Waals surface area (Å²) in [5.41, 5.74) is 5.91. The van der Waals surface area contributed by atoms with Crippen LogP contribution in [0.15, 0.2) is 30.3 Å². The van der Waals surface area contributed by atoms with Gasteiger partial charge in [-0.15, -0.1) is 0 Å². The Hall–Kier alpha value is -2.75. The van der Waals surface area contributed by atoms with E-state index in [1.54, 1.807) is 19.2 Å². The number of carbonyl (C=O) groups excluding carboxylic acids is 1. The summed E-state index contributed by atoms with van der Waals surface area (Å²) in [6.07, 6.45) is 2.14. The van der Waals surface area contributed by atoms with Gasteiger partial charge in [-0.25, -0.2) is 4.79 Å². The van der Waals surface area contributed by atoms with E-state index >= 15 is 0 Å². The number of methoxy groups -OCH3 is 2. The predicted molar refractivity (Wildman–Crippen MR) is 122 cm³/mol. The SMILES string of the molecule is COC(=O)c1ccc2c(c1)OCC(c1cc(C(C)(C)C)c(OC)c(C(C)(C)C)c1)=C2. The molecule has 0 saturated heterocycles. The van der Waals surface area contributed by atoms with Gasteiger partial charge < -0.3 is 14.2 Å². The summed E-state index contributed by atoms with van der Waals surface area (Å²) in [5, 5.41) is 0. The first-order valence-corrected chi connectivity index (χ1v) is 10.2. The highest BCUT2D eigenvalue weighted by atomic mass is 16.5. The Kier molecular flexibility index (Phi) is 5.72. The van der Waals surface area contributed by atoms with Gasteiger partial charge in [0.2, 0.25) is 0 Å². The van der Waals surface area contributed by atoms with Gasteiger partial charge in [0, 0.05) is 16.7 Å². The zero-order chi connectivity index (χ0) is 22.3. The van der Waals surface area contributed by atoms with Gasteiger partial charge in [-0.1, -0.05) is 47.6 Å². The lowest BCUT2D eigenvalue weighted by atomic mass is 9.77. The fraction of sp³-hybridized carbons (Fsp3) is 0.423. The lowest BCUT2D eigenvalue weighted by Gasteiger charge is -2.30. The van der Waals surface area contributed by atoms with E-state index in [0.717, 1.165) is 22.4 Å². The van der Waals surface area contributed by atoms with Crippen molar-refractivity contribution in [2.45, 2.75) is 52.4 Å². The Morgan fingerprint density at radius 1 is 0.933 bits per heavy atom. The van der Waals surface area contributed by atoms with Gasteiger partial charge >= 0.3 is 5.97 Å². The van der Waals surface area contributed by atoms with Crippen LogP contribution < -0.4 is 9.47 Å². The normalized spacial score (nSPS) is 13.8. The molecule has 2 aromatic rings. The monoisotopic (exact) mass is 408 g/mol. The van der Waals surface area contributed by atoms with Gasteiger partial charge in [0.05, 0.1) is 19.8 Å². The van der Waals surface area contributed by atoms with Crippen molar-refractivity contribution in [1.29, 1.82) is 0 Å². The van der Waals surface area contributed by atoms with Crippen LogP contribution in [0.25, 0.3) is 11.6 Å². The Balaban J connectivity index is 2.14. The van der Waals surface area contributed by atoms with E-state index in [0.29, 0.717) is 17.9 Å². The van der Waals surface area contributed by atoms with Crippen molar-refractivity contribution in [2.75, 3.05) is 20.8 Å². The van der Waals surface area contributed by atoms with Crippen molar-refractivity contribution in [1.82, 2.24) is 0 Å². The topological polar surface area (TPSA) is 44.8 Å². The van der Waals surface area contributed by atoms with Crippen LogP contribution in [0.5, 0.6) is 11.5 Å². The molecule has 160 valence electrons.